The zero-order valence-electron chi connectivity index (χ0n) is 12.2. The summed E-state index contributed by atoms with van der Waals surface area (Å²) in [6.07, 6.45) is 0.903. The maximum atomic E-state index is 13.2. The van der Waals surface area contributed by atoms with Crippen molar-refractivity contribution in [3.05, 3.63) is 63.9 Å². The second-order valence-electron chi connectivity index (χ2n) is 5.00. The third kappa shape index (κ3) is 4.83. The Bertz CT molecular complexity index is 603. The van der Waals surface area contributed by atoms with E-state index in [9.17, 15) is 4.39 Å². The molecule has 0 bridgehead atoms. The van der Waals surface area contributed by atoms with E-state index in [2.05, 4.69) is 33.4 Å². The van der Waals surface area contributed by atoms with Crippen molar-refractivity contribution in [1.29, 1.82) is 0 Å². The molecule has 112 valence electrons. The summed E-state index contributed by atoms with van der Waals surface area (Å²) in [5, 5.41) is 3.35. The number of hydrogen-bond donors (Lipinski definition) is 1. The smallest absolute Gasteiger partial charge is 0.123 e. The number of aryl methyl sites for hydroxylation is 1. The summed E-state index contributed by atoms with van der Waals surface area (Å²) >= 11 is 5.40. The number of thioether (sulfide) groups is 1. The minimum atomic E-state index is -0.167. The van der Waals surface area contributed by atoms with E-state index in [-0.39, 0.29) is 5.82 Å². The molecule has 2 rings (SSSR count). The first-order chi connectivity index (χ1) is 10.1. The molecule has 0 saturated carbocycles. The van der Waals surface area contributed by atoms with Crippen molar-refractivity contribution >= 4 is 27.7 Å². The Labute approximate surface area is 138 Å². The van der Waals surface area contributed by atoms with E-state index in [0.29, 0.717) is 6.04 Å². The quantitative estimate of drug-likeness (QED) is 0.734. The summed E-state index contributed by atoms with van der Waals surface area (Å²) < 4.78 is 14.3. The van der Waals surface area contributed by atoms with Gasteiger partial charge in [-0.2, -0.15) is 0 Å². The fourth-order valence-corrected chi connectivity index (χ4v) is 3.82. The molecule has 1 nitrogen and oxygen atoms in total. The molecule has 1 unspecified atom stereocenters. The first-order valence-electron chi connectivity index (χ1n) is 6.89. The maximum absolute atomic E-state index is 13.2. The van der Waals surface area contributed by atoms with Gasteiger partial charge in [0, 0.05) is 21.2 Å². The van der Waals surface area contributed by atoms with Crippen LogP contribution in [0, 0.1) is 12.7 Å². The van der Waals surface area contributed by atoms with Crippen LogP contribution < -0.4 is 5.32 Å². The number of hydrogen-bond acceptors (Lipinski definition) is 2. The van der Waals surface area contributed by atoms with E-state index < -0.39 is 0 Å². The number of halogens is 2. The SMILES string of the molecule is CNC(CSc1ccccc1Br)Cc1ccc(F)cc1C. The molecule has 0 aromatic heterocycles. The van der Waals surface area contributed by atoms with E-state index in [1.54, 1.807) is 6.07 Å². The number of benzene rings is 2. The lowest BCUT2D eigenvalue weighted by Crippen LogP contribution is -2.30. The van der Waals surface area contributed by atoms with Crippen LogP contribution in [0.1, 0.15) is 11.1 Å². The predicted molar refractivity (Wildman–Crippen MR) is 92.6 cm³/mol. The van der Waals surface area contributed by atoms with E-state index in [1.807, 2.05) is 43.9 Å². The van der Waals surface area contributed by atoms with Gasteiger partial charge in [0.15, 0.2) is 0 Å². The van der Waals surface area contributed by atoms with Crippen LogP contribution in [0.3, 0.4) is 0 Å². The molecule has 0 amide bonds. The van der Waals surface area contributed by atoms with Crippen molar-refractivity contribution in [2.45, 2.75) is 24.3 Å². The van der Waals surface area contributed by atoms with Gasteiger partial charge < -0.3 is 5.32 Å². The molecule has 2 aromatic rings. The third-order valence-electron chi connectivity index (χ3n) is 3.46. The molecule has 1 N–H and O–H groups in total. The van der Waals surface area contributed by atoms with E-state index >= 15 is 0 Å². The van der Waals surface area contributed by atoms with Crippen LogP contribution in [-0.2, 0) is 6.42 Å². The van der Waals surface area contributed by atoms with Crippen molar-refractivity contribution in [1.82, 2.24) is 5.32 Å². The highest BCUT2D eigenvalue weighted by Crippen LogP contribution is 2.28. The van der Waals surface area contributed by atoms with Crippen LogP contribution in [0.4, 0.5) is 4.39 Å². The largest absolute Gasteiger partial charge is 0.316 e. The average Bonchev–Trinajstić information content (AvgIpc) is 2.47. The maximum Gasteiger partial charge on any atom is 0.123 e. The highest BCUT2D eigenvalue weighted by atomic mass is 79.9. The molecule has 2 aromatic carbocycles. The summed E-state index contributed by atoms with van der Waals surface area (Å²) in [4.78, 5) is 1.24. The van der Waals surface area contributed by atoms with Crippen molar-refractivity contribution in [3.8, 4) is 0 Å². The molecule has 0 fully saturated rings. The predicted octanol–water partition coefficient (Wildman–Crippen LogP) is 4.82. The Kier molecular flexibility index (Phi) is 6.27. The van der Waals surface area contributed by atoms with Gasteiger partial charge in [-0.05, 0) is 71.7 Å². The fourth-order valence-electron chi connectivity index (χ4n) is 2.15. The molecule has 21 heavy (non-hydrogen) atoms. The zero-order chi connectivity index (χ0) is 15.2. The number of likely N-dealkylation sites (N-methyl/N-ethyl adjacent to an activating group) is 1. The molecule has 0 aliphatic rings. The van der Waals surface area contributed by atoms with Gasteiger partial charge in [0.05, 0.1) is 0 Å². The van der Waals surface area contributed by atoms with E-state index in [0.717, 1.165) is 22.2 Å². The van der Waals surface area contributed by atoms with E-state index in [4.69, 9.17) is 0 Å². The van der Waals surface area contributed by atoms with Crippen LogP contribution in [-0.4, -0.2) is 18.8 Å². The highest BCUT2D eigenvalue weighted by Gasteiger charge is 2.11. The summed E-state index contributed by atoms with van der Waals surface area (Å²) in [5.41, 5.74) is 2.21. The second-order valence-corrected chi connectivity index (χ2v) is 6.92. The van der Waals surface area contributed by atoms with Gasteiger partial charge in [-0.1, -0.05) is 18.2 Å². The molecule has 4 heteroatoms. The Balaban J connectivity index is 1.99. The molecular weight excluding hydrogens is 349 g/mol. The average molecular weight is 368 g/mol. The Hall–Kier alpha value is -0.840. The Morgan fingerprint density at radius 2 is 2.00 bits per heavy atom. The lowest BCUT2D eigenvalue weighted by Gasteiger charge is -2.17. The van der Waals surface area contributed by atoms with Gasteiger partial charge in [-0.25, -0.2) is 4.39 Å². The molecule has 0 aliphatic heterocycles. The number of rotatable bonds is 6. The summed E-state index contributed by atoms with van der Waals surface area (Å²) in [6.45, 7) is 1.96. The second kappa shape index (κ2) is 7.97. The first-order valence-corrected chi connectivity index (χ1v) is 8.67. The minimum absolute atomic E-state index is 0.167. The van der Waals surface area contributed by atoms with Gasteiger partial charge in [-0.15, -0.1) is 11.8 Å². The Morgan fingerprint density at radius 3 is 2.67 bits per heavy atom. The van der Waals surface area contributed by atoms with Gasteiger partial charge in [0.2, 0.25) is 0 Å². The molecular formula is C17H19BrFNS. The normalized spacial score (nSPS) is 12.4. The van der Waals surface area contributed by atoms with Crippen LogP contribution >= 0.6 is 27.7 Å². The lowest BCUT2D eigenvalue weighted by atomic mass is 10.0. The first kappa shape index (κ1) is 16.5. The standard InChI is InChI=1S/C17H19BrFNS/c1-12-9-14(19)8-7-13(12)10-15(20-2)11-21-17-6-4-3-5-16(17)18/h3-9,15,20H,10-11H2,1-2H3. The molecule has 0 saturated heterocycles. The molecule has 0 spiro atoms. The molecule has 0 aliphatic carbocycles. The van der Waals surface area contributed by atoms with Crippen molar-refractivity contribution in [2.75, 3.05) is 12.8 Å². The minimum Gasteiger partial charge on any atom is -0.316 e. The monoisotopic (exact) mass is 367 g/mol. The lowest BCUT2D eigenvalue weighted by molar-refractivity contribution is 0.607. The fraction of sp³-hybridized carbons (Fsp3) is 0.294. The summed E-state index contributed by atoms with van der Waals surface area (Å²) in [5.74, 6) is 0.801. The van der Waals surface area contributed by atoms with Crippen molar-refractivity contribution in [3.63, 3.8) is 0 Å². The molecule has 0 heterocycles. The van der Waals surface area contributed by atoms with E-state index in [1.165, 1.54) is 16.5 Å². The molecule has 1 atom stereocenters. The topological polar surface area (TPSA) is 12.0 Å². The van der Waals surface area contributed by atoms with Crippen LogP contribution in [0.15, 0.2) is 51.8 Å². The molecule has 0 radical (unpaired) electrons. The van der Waals surface area contributed by atoms with Gasteiger partial charge in [-0.3, -0.25) is 0 Å². The van der Waals surface area contributed by atoms with Crippen LogP contribution in [0.5, 0.6) is 0 Å². The van der Waals surface area contributed by atoms with Gasteiger partial charge in [0.25, 0.3) is 0 Å². The highest BCUT2D eigenvalue weighted by molar-refractivity contribution is 9.10. The van der Waals surface area contributed by atoms with Gasteiger partial charge >= 0.3 is 0 Å². The van der Waals surface area contributed by atoms with Crippen LogP contribution in [0.2, 0.25) is 0 Å². The summed E-state index contributed by atoms with van der Waals surface area (Å²) in [7, 11) is 1.98. The third-order valence-corrected chi connectivity index (χ3v) is 5.65. The van der Waals surface area contributed by atoms with Crippen molar-refractivity contribution in [2.24, 2.45) is 0 Å². The summed E-state index contributed by atoms with van der Waals surface area (Å²) in [6, 6.07) is 13.6. The number of nitrogens with one attached hydrogen (secondary N) is 1. The van der Waals surface area contributed by atoms with Gasteiger partial charge in [0.1, 0.15) is 5.82 Å². The Morgan fingerprint density at radius 1 is 1.24 bits per heavy atom. The van der Waals surface area contributed by atoms with Crippen LogP contribution in [0.25, 0.3) is 0 Å². The van der Waals surface area contributed by atoms with Crippen molar-refractivity contribution < 1.29 is 4.39 Å². The zero-order valence-corrected chi connectivity index (χ0v) is 14.6.